The summed E-state index contributed by atoms with van der Waals surface area (Å²) in [6, 6.07) is 12.6. The number of rotatable bonds is 2. The van der Waals surface area contributed by atoms with Gasteiger partial charge >= 0.3 is 0 Å². The van der Waals surface area contributed by atoms with Gasteiger partial charge < -0.3 is 9.88 Å². The first-order chi connectivity index (χ1) is 10.8. The van der Waals surface area contributed by atoms with Gasteiger partial charge in [-0.05, 0) is 43.3 Å². The average molecular weight is 289 g/mol. The number of hydrogen-bond donors (Lipinski definition) is 1. The van der Waals surface area contributed by atoms with Crippen LogP contribution in [0.5, 0.6) is 0 Å². The van der Waals surface area contributed by atoms with Gasteiger partial charge in [-0.15, -0.1) is 0 Å². The van der Waals surface area contributed by atoms with Crippen LogP contribution in [0.1, 0.15) is 12.0 Å². The number of hydrogen-bond acceptors (Lipinski definition) is 2. The van der Waals surface area contributed by atoms with Crippen molar-refractivity contribution in [3.05, 3.63) is 60.4 Å². The van der Waals surface area contributed by atoms with Gasteiger partial charge in [0.25, 0.3) is 0 Å². The fraction of sp³-hybridized carbons (Fsp3) is 0.211. The first kappa shape index (κ1) is 13.3. The van der Waals surface area contributed by atoms with Gasteiger partial charge in [-0.1, -0.05) is 18.2 Å². The van der Waals surface area contributed by atoms with Gasteiger partial charge in [-0.3, -0.25) is 4.98 Å². The summed E-state index contributed by atoms with van der Waals surface area (Å²) in [5.74, 6) is 0. The lowest BCUT2D eigenvalue weighted by molar-refractivity contribution is 0.370. The van der Waals surface area contributed by atoms with Crippen LogP contribution in [-0.2, 0) is 0 Å². The molecule has 0 atom stereocenters. The Labute approximate surface area is 130 Å². The third-order valence-corrected chi connectivity index (χ3v) is 4.40. The van der Waals surface area contributed by atoms with Crippen LogP contribution in [0.25, 0.3) is 27.7 Å². The van der Waals surface area contributed by atoms with Gasteiger partial charge in [0, 0.05) is 47.5 Å². The minimum atomic E-state index is 1.02. The molecule has 1 aliphatic rings. The summed E-state index contributed by atoms with van der Waals surface area (Å²) in [6.45, 7) is 2.15. The minimum Gasteiger partial charge on any atom is -0.361 e. The molecular formula is C19H19N3. The predicted molar refractivity (Wildman–Crippen MR) is 91.6 cm³/mol. The predicted octanol–water partition coefficient (Wildman–Crippen LogP) is 3.95. The number of aromatic amines is 1. The summed E-state index contributed by atoms with van der Waals surface area (Å²) in [7, 11) is 2.17. The molecule has 2 aromatic heterocycles. The number of pyridine rings is 1. The number of nitrogens with one attached hydrogen (secondary N) is 1. The molecule has 1 aromatic carbocycles. The molecule has 0 bridgehead atoms. The van der Waals surface area contributed by atoms with E-state index in [4.69, 9.17) is 0 Å². The van der Waals surface area contributed by atoms with Crippen molar-refractivity contribution >= 4 is 16.5 Å². The normalized spacial score (nSPS) is 16.0. The number of nitrogens with zero attached hydrogens (tertiary/aromatic N) is 2. The second kappa shape index (κ2) is 5.43. The largest absolute Gasteiger partial charge is 0.361 e. The van der Waals surface area contributed by atoms with Crippen LogP contribution in [0.2, 0.25) is 0 Å². The molecule has 0 aliphatic carbocycles. The molecule has 0 amide bonds. The Morgan fingerprint density at radius 1 is 1.18 bits per heavy atom. The van der Waals surface area contributed by atoms with Gasteiger partial charge in [0.1, 0.15) is 0 Å². The Kier molecular flexibility index (Phi) is 3.28. The van der Waals surface area contributed by atoms with Crippen LogP contribution in [0.15, 0.2) is 54.9 Å². The maximum Gasteiger partial charge on any atom is 0.0702 e. The number of benzene rings is 1. The second-order valence-electron chi connectivity index (χ2n) is 5.92. The molecule has 0 unspecified atom stereocenters. The van der Waals surface area contributed by atoms with E-state index in [9.17, 15) is 0 Å². The third kappa shape index (κ3) is 2.34. The summed E-state index contributed by atoms with van der Waals surface area (Å²) in [6.07, 6.45) is 7.44. The molecule has 4 rings (SSSR count). The summed E-state index contributed by atoms with van der Waals surface area (Å²) < 4.78 is 0. The first-order valence-electron chi connectivity index (χ1n) is 7.72. The first-order valence-corrected chi connectivity index (χ1v) is 7.72. The molecule has 0 saturated carbocycles. The molecule has 3 aromatic rings. The van der Waals surface area contributed by atoms with Crippen molar-refractivity contribution in [2.45, 2.75) is 6.42 Å². The Balaban J connectivity index is 1.81. The van der Waals surface area contributed by atoms with Crippen LogP contribution >= 0.6 is 0 Å². The minimum absolute atomic E-state index is 1.02. The monoisotopic (exact) mass is 289 g/mol. The van der Waals surface area contributed by atoms with Gasteiger partial charge in [0.05, 0.1) is 5.69 Å². The van der Waals surface area contributed by atoms with E-state index in [0.29, 0.717) is 0 Å². The highest BCUT2D eigenvalue weighted by Gasteiger charge is 2.14. The number of likely N-dealkylation sites (N-methyl/N-ethyl adjacent to an activating group) is 1. The zero-order valence-electron chi connectivity index (χ0n) is 12.7. The van der Waals surface area contributed by atoms with Crippen LogP contribution in [0.4, 0.5) is 0 Å². The second-order valence-corrected chi connectivity index (χ2v) is 5.92. The van der Waals surface area contributed by atoms with E-state index >= 15 is 0 Å². The van der Waals surface area contributed by atoms with E-state index in [0.717, 1.165) is 25.2 Å². The van der Waals surface area contributed by atoms with Crippen molar-refractivity contribution in [1.29, 1.82) is 0 Å². The van der Waals surface area contributed by atoms with Crippen molar-refractivity contribution in [1.82, 2.24) is 14.9 Å². The van der Waals surface area contributed by atoms with Gasteiger partial charge in [0.15, 0.2) is 0 Å². The van der Waals surface area contributed by atoms with E-state index in [-0.39, 0.29) is 0 Å². The molecule has 0 spiro atoms. The highest BCUT2D eigenvalue weighted by Crippen LogP contribution is 2.31. The van der Waals surface area contributed by atoms with Crippen molar-refractivity contribution in [2.24, 2.45) is 0 Å². The van der Waals surface area contributed by atoms with Gasteiger partial charge in [-0.25, -0.2) is 0 Å². The zero-order chi connectivity index (χ0) is 14.9. The Bertz CT molecular complexity index is 830. The average Bonchev–Trinajstić information content (AvgIpc) is 2.99. The van der Waals surface area contributed by atoms with E-state index in [1.54, 1.807) is 0 Å². The molecule has 0 saturated heterocycles. The lowest BCUT2D eigenvalue weighted by Gasteiger charge is -2.21. The Morgan fingerprint density at radius 2 is 2.14 bits per heavy atom. The quantitative estimate of drug-likeness (QED) is 0.774. The van der Waals surface area contributed by atoms with Crippen molar-refractivity contribution in [2.75, 3.05) is 20.1 Å². The fourth-order valence-corrected chi connectivity index (χ4v) is 3.09. The number of aromatic nitrogens is 2. The summed E-state index contributed by atoms with van der Waals surface area (Å²) in [5, 5.41) is 1.29. The Morgan fingerprint density at radius 3 is 2.91 bits per heavy atom. The van der Waals surface area contributed by atoms with E-state index < -0.39 is 0 Å². The van der Waals surface area contributed by atoms with Crippen molar-refractivity contribution in [3.8, 4) is 11.3 Å². The molecular weight excluding hydrogens is 270 g/mol. The zero-order valence-corrected chi connectivity index (χ0v) is 12.7. The molecule has 3 heteroatoms. The summed E-state index contributed by atoms with van der Waals surface area (Å²) in [5.41, 5.74) is 6.16. The molecule has 0 radical (unpaired) electrons. The van der Waals surface area contributed by atoms with Gasteiger partial charge in [-0.2, -0.15) is 0 Å². The SMILES string of the molecule is CN1CC=C(c2c[nH]c3ccc(-c4ccccn4)cc23)CC1. The van der Waals surface area contributed by atoms with Gasteiger partial charge in [0.2, 0.25) is 0 Å². The summed E-state index contributed by atoms with van der Waals surface area (Å²) >= 11 is 0. The number of fused-ring (bicyclic) bond motifs is 1. The molecule has 1 aliphatic heterocycles. The molecule has 3 nitrogen and oxygen atoms in total. The summed E-state index contributed by atoms with van der Waals surface area (Å²) in [4.78, 5) is 10.2. The lowest BCUT2D eigenvalue weighted by atomic mass is 9.97. The van der Waals surface area contributed by atoms with Crippen LogP contribution in [0, 0.1) is 0 Å². The molecule has 3 heterocycles. The van der Waals surface area contributed by atoms with Crippen molar-refractivity contribution < 1.29 is 0 Å². The highest BCUT2D eigenvalue weighted by molar-refractivity contribution is 5.95. The topological polar surface area (TPSA) is 31.9 Å². The highest BCUT2D eigenvalue weighted by atomic mass is 15.1. The van der Waals surface area contributed by atoms with E-state index in [2.05, 4.69) is 58.5 Å². The maximum absolute atomic E-state index is 4.46. The standard InChI is InChI=1S/C19H19N3/c1-22-10-7-14(8-11-22)17-13-21-19-6-5-15(12-16(17)19)18-4-2-3-9-20-18/h2-7,9,12-13,21H,8,10-11H2,1H3. The molecule has 110 valence electrons. The van der Waals surface area contributed by atoms with Crippen LogP contribution < -0.4 is 0 Å². The van der Waals surface area contributed by atoms with Crippen molar-refractivity contribution in [3.63, 3.8) is 0 Å². The maximum atomic E-state index is 4.46. The Hall–Kier alpha value is -2.39. The molecule has 22 heavy (non-hydrogen) atoms. The van der Waals surface area contributed by atoms with Crippen LogP contribution in [0.3, 0.4) is 0 Å². The fourth-order valence-electron chi connectivity index (χ4n) is 3.09. The number of H-pyrrole nitrogens is 1. The molecule has 1 N–H and O–H groups in total. The van der Waals surface area contributed by atoms with E-state index in [1.807, 2.05) is 18.3 Å². The molecule has 0 fully saturated rings. The third-order valence-electron chi connectivity index (χ3n) is 4.40. The lowest BCUT2D eigenvalue weighted by Crippen LogP contribution is -2.23. The van der Waals surface area contributed by atoms with E-state index in [1.165, 1.54) is 27.6 Å². The smallest absolute Gasteiger partial charge is 0.0702 e. The van der Waals surface area contributed by atoms with Crippen LogP contribution in [-0.4, -0.2) is 35.0 Å².